The molecule has 4 N–H and O–H groups in total. The van der Waals surface area contributed by atoms with Gasteiger partial charge in [-0.3, -0.25) is 0 Å². The quantitative estimate of drug-likeness (QED) is 0.717. The van der Waals surface area contributed by atoms with E-state index in [2.05, 4.69) is 21.8 Å². The Morgan fingerprint density at radius 1 is 1.19 bits per heavy atom. The lowest BCUT2D eigenvalue weighted by Crippen LogP contribution is -2.30. The van der Waals surface area contributed by atoms with E-state index >= 15 is 0 Å². The maximum absolute atomic E-state index is 5.94. The van der Waals surface area contributed by atoms with Gasteiger partial charge < -0.3 is 21.3 Å². The third-order valence-corrected chi connectivity index (χ3v) is 2.94. The first kappa shape index (κ1) is 11.0. The number of aromatic nitrogens is 1. The van der Waals surface area contributed by atoms with Gasteiger partial charge in [0.1, 0.15) is 0 Å². The molecule has 1 saturated heterocycles. The molecular formula is C11H19N5. The minimum Gasteiger partial charge on any atom is -0.397 e. The number of hydrogen-bond donors (Lipinski definition) is 2. The lowest BCUT2D eigenvalue weighted by atomic mass is 10.3. The van der Waals surface area contributed by atoms with E-state index in [1.807, 2.05) is 0 Å². The average Bonchev–Trinajstić information content (AvgIpc) is 2.43. The molecule has 2 heterocycles. The van der Waals surface area contributed by atoms with Crippen molar-refractivity contribution in [2.24, 2.45) is 0 Å². The normalized spacial score (nSPS) is 18.4. The molecule has 0 atom stereocenters. The Kier molecular flexibility index (Phi) is 3.14. The van der Waals surface area contributed by atoms with Crippen molar-refractivity contribution in [2.45, 2.75) is 6.42 Å². The lowest BCUT2D eigenvalue weighted by Gasteiger charge is -2.23. The summed E-state index contributed by atoms with van der Waals surface area (Å²) in [5.74, 6) is 0.865. The van der Waals surface area contributed by atoms with Crippen molar-refractivity contribution in [2.75, 3.05) is 49.6 Å². The second-order valence-electron chi connectivity index (χ2n) is 4.33. The number of nitrogens with zero attached hydrogens (tertiary/aromatic N) is 3. The van der Waals surface area contributed by atoms with E-state index in [4.69, 9.17) is 11.5 Å². The maximum Gasteiger partial charge on any atom is 0.151 e. The molecule has 5 heteroatoms. The summed E-state index contributed by atoms with van der Waals surface area (Å²) in [6.45, 7) is 4.15. The van der Waals surface area contributed by atoms with Crippen LogP contribution in [-0.4, -0.2) is 43.1 Å². The highest BCUT2D eigenvalue weighted by Gasteiger charge is 2.15. The topological polar surface area (TPSA) is 71.4 Å². The van der Waals surface area contributed by atoms with Crippen LogP contribution in [0.2, 0.25) is 0 Å². The Balaban J connectivity index is 2.16. The molecule has 1 fully saturated rings. The third kappa shape index (κ3) is 2.36. The van der Waals surface area contributed by atoms with Crippen molar-refractivity contribution in [3.05, 3.63) is 12.3 Å². The van der Waals surface area contributed by atoms with Crippen molar-refractivity contribution in [3.8, 4) is 0 Å². The molecule has 1 aliphatic rings. The van der Waals surface area contributed by atoms with Gasteiger partial charge in [-0.25, -0.2) is 4.98 Å². The summed E-state index contributed by atoms with van der Waals surface area (Å²) in [5, 5.41) is 0. The molecule has 1 aromatic rings. The van der Waals surface area contributed by atoms with Crippen LogP contribution < -0.4 is 16.4 Å². The van der Waals surface area contributed by atoms with Gasteiger partial charge in [0, 0.05) is 19.6 Å². The van der Waals surface area contributed by atoms with E-state index in [-0.39, 0.29) is 0 Å². The van der Waals surface area contributed by atoms with Gasteiger partial charge in [0.05, 0.1) is 17.6 Å². The largest absolute Gasteiger partial charge is 0.397 e. The first-order valence-corrected chi connectivity index (χ1v) is 5.61. The van der Waals surface area contributed by atoms with Gasteiger partial charge in [0.15, 0.2) is 5.82 Å². The predicted octanol–water partition coefficient (Wildman–Crippen LogP) is 0.388. The Bertz CT molecular complexity index is 365. The smallest absolute Gasteiger partial charge is 0.151 e. The van der Waals surface area contributed by atoms with E-state index in [0.29, 0.717) is 11.4 Å². The van der Waals surface area contributed by atoms with Crippen LogP contribution in [0.1, 0.15) is 6.42 Å². The van der Waals surface area contributed by atoms with Crippen molar-refractivity contribution < 1.29 is 0 Å². The predicted molar refractivity (Wildman–Crippen MR) is 67.4 cm³/mol. The fraction of sp³-hybridized carbons (Fsp3) is 0.545. The van der Waals surface area contributed by atoms with Crippen LogP contribution in [0, 0.1) is 0 Å². The molecule has 0 aliphatic carbocycles. The Labute approximate surface area is 96.0 Å². The van der Waals surface area contributed by atoms with Crippen LogP contribution in [0.15, 0.2) is 12.3 Å². The van der Waals surface area contributed by atoms with E-state index in [1.54, 1.807) is 12.3 Å². The number of hydrogen-bond acceptors (Lipinski definition) is 5. The van der Waals surface area contributed by atoms with Gasteiger partial charge in [0.25, 0.3) is 0 Å². The van der Waals surface area contributed by atoms with E-state index in [0.717, 1.165) is 38.4 Å². The highest BCUT2D eigenvalue weighted by molar-refractivity contribution is 5.66. The average molecular weight is 221 g/mol. The SMILES string of the molecule is CN1CCCN(c2ncc(N)cc2N)CC1. The van der Waals surface area contributed by atoms with Crippen molar-refractivity contribution in [1.82, 2.24) is 9.88 Å². The van der Waals surface area contributed by atoms with Gasteiger partial charge >= 0.3 is 0 Å². The first-order valence-electron chi connectivity index (χ1n) is 5.61. The highest BCUT2D eigenvalue weighted by atomic mass is 15.2. The standard InChI is InChI=1S/C11H19N5/c1-15-3-2-4-16(6-5-15)11-10(13)7-9(12)8-14-11/h7-8H,2-6,12-13H2,1H3. The molecule has 0 spiro atoms. The van der Waals surface area contributed by atoms with Gasteiger partial charge in [-0.15, -0.1) is 0 Å². The van der Waals surface area contributed by atoms with Crippen LogP contribution in [0.3, 0.4) is 0 Å². The summed E-state index contributed by atoms with van der Waals surface area (Å²) >= 11 is 0. The van der Waals surface area contributed by atoms with Crippen molar-refractivity contribution >= 4 is 17.2 Å². The highest BCUT2D eigenvalue weighted by Crippen LogP contribution is 2.22. The summed E-state index contributed by atoms with van der Waals surface area (Å²) in [5.41, 5.74) is 12.9. The van der Waals surface area contributed by atoms with Crippen molar-refractivity contribution in [1.29, 1.82) is 0 Å². The minimum absolute atomic E-state index is 0.619. The number of nitrogen functional groups attached to an aromatic ring is 2. The maximum atomic E-state index is 5.94. The van der Waals surface area contributed by atoms with Gasteiger partial charge in [-0.1, -0.05) is 0 Å². The molecule has 0 saturated carbocycles. The summed E-state index contributed by atoms with van der Waals surface area (Å²) in [6, 6.07) is 1.77. The zero-order valence-electron chi connectivity index (χ0n) is 9.69. The molecule has 2 rings (SSSR count). The van der Waals surface area contributed by atoms with Gasteiger partial charge in [-0.2, -0.15) is 0 Å². The minimum atomic E-state index is 0.619. The van der Waals surface area contributed by atoms with E-state index in [1.165, 1.54) is 0 Å². The molecule has 16 heavy (non-hydrogen) atoms. The van der Waals surface area contributed by atoms with Crippen LogP contribution in [0.4, 0.5) is 17.2 Å². The van der Waals surface area contributed by atoms with Crippen molar-refractivity contribution in [3.63, 3.8) is 0 Å². The van der Waals surface area contributed by atoms with E-state index in [9.17, 15) is 0 Å². The zero-order valence-corrected chi connectivity index (χ0v) is 9.69. The number of pyridine rings is 1. The molecule has 0 bridgehead atoms. The second kappa shape index (κ2) is 4.57. The Hall–Kier alpha value is -1.49. The summed E-state index contributed by atoms with van der Waals surface area (Å²) in [7, 11) is 2.14. The molecule has 88 valence electrons. The first-order chi connectivity index (χ1) is 7.66. The second-order valence-corrected chi connectivity index (χ2v) is 4.33. The fourth-order valence-electron chi connectivity index (χ4n) is 2.01. The molecule has 5 nitrogen and oxygen atoms in total. The molecule has 0 radical (unpaired) electrons. The van der Waals surface area contributed by atoms with Crippen LogP contribution in [0.5, 0.6) is 0 Å². The summed E-state index contributed by atoms with van der Waals surface area (Å²) in [4.78, 5) is 8.89. The molecule has 0 unspecified atom stereocenters. The number of rotatable bonds is 1. The zero-order chi connectivity index (χ0) is 11.5. The molecule has 1 aromatic heterocycles. The summed E-state index contributed by atoms with van der Waals surface area (Å²) in [6.07, 6.45) is 2.81. The Morgan fingerprint density at radius 3 is 2.75 bits per heavy atom. The molecule has 0 aromatic carbocycles. The Morgan fingerprint density at radius 2 is 2.00 bits per heavy atom. The summed E-state index contributed by atoms with van der Waals surface area (Å²) < 4.78 is 0. The number of likely N-dealkylation sites (N-methyl/N-ethyl adjacent to an activating group) is 1. The monoisotopic (exact) mass is 221 g/mol. The van der Waals surface area contributed by atoms with Crippen LogP contribution in [0.25, 0.3) is 0 Å². The molecule has 0 amide bonds. The molecule has 1 aliphatic heterocycles. The van der Waals surface area contributed by atoms with Crippen LogP contribution in [-0.2, 0) is 0 Å². The number of anilines is 3. The third-order valence-electron chi connectivity index (χ3n) is 2.94. The van der Waals surface area contributed by atoms with Gasteiger partial charge in [-0.05, 0) is 26.1 Å². The molecular weight excluding hydrogens is 202 g/mol. The van der Waals surface area contributed by atoms with Gasteiger partial charge in [0.2, 0.25) is 0 Å². The lowest BCUT2D eigenvalue weighted by molar-refractivity contribution is 0.360. The van der Waals surface area contributed by atoms with E-state index < -0.39 is 0 Å². The number of nitrogens with two attached hydrogens (primary N) is 2. The fourth-order valence-corrected chi connectivity index (χ4v) is 2.01. The van der Waals surface area contributed by atoms with Crippen LogP contribution >= 0.6 is 0 Å².